The maximum atomic E-state index is 12.7. The van der Waals surface area contributed by atoms with Crippen molar-refractivity contribution in [3.63, 3.8) is 0 Å². The minimum absolute atomic E-state index is 0.0834. The summed E-state index contributed by atoms with van der Waals surface area (Å²) in [5.41, 5.74) is 0.468. The molecule has 0 radical (unpaired) electrons. The number of carboxylic acid groups (broad SMARTS) is 1. The van der Waals surface area contributed by atoms with Gasteiger partial charge in [-0.3, -0.25) is 19.1 Å². The number of hydrogen-bond acceptors (Lipinski definition) is 4. The van der Waals surface area contributed by atoms with Gasteiger partial charge in [0.25, 0.3) is 5.91 Å². The summed E-state index contributed by atoms with van der Waals surface area (Å²) in [7, 11) is 1.50. The third-order valence-corrected chi connectivity index (χ3v) is 5.29. The van der Waals surface area contributed by atoms with Crippen molar-refractivity contribution in [1.82, 2.24) is 15.1 Å². The van der Waals surface area contributed by atoms with Gasteiger partial charge in [-0.2, -0.15) is 5.10 Å². The van der Waals surface area contributed by atoms with Gasteiger partial charge in [-0.1, -0.05) is 0 Å². The zero-order valence-electron chi connectivity index (χ0n) is 13.8. The van der Waals surface area contributed by atoms with Crippen molar-refractivity contribution < 1.29 is 19.5 Å². The molecule has 3 N–H and O–H groups in total. The normalized spacial score (nSPS) is 27.9. The molecular weight excluding hydrogens is 312 g/mol. The zero-order valence-corrected chi connectivity index (χ0v) is 13.8. The van der Waals surface area contributed by atoms with Crippen LogP contribution in [0, 0.1) is 23.7 Å². The molecule has 4 atom stereocenters. The lowest BCUT2D eigenvalue weighted by atomic mass is 9.78. The van der Waals surface area contributed by atoms with E-state index in [1.807, 2.05) is 6.92 Å². The number of carbonyl (C=O) groups is 3. The van der Waals surface area contributed by atoms with Crippen molar-refractivity contribution in [3.05, 3.63) is 11.9 Å². The molecule has 8 heteroatoms. The number of rotatable bonds is 5. The quantitative estimate of drug-likeness (QED) is 0.742. The molecule has 1 aromatic heterocycles. The Morgan fingerprint density at radius 3 is 2.54 bits per heavy atom. The van der Waals surface area contributed by atoms with Crippen molar-refractivity contribution >= 4 is 23.5 Å². The van der Waals surface area contributed by atoms with Crippen LogP contribution < -0.4 is 10.6 Å². The van der Waals surface area contributed by atoms with Crippen molar-refractivity contribution in [1.29, 1.82) is 0 Å². The molecule has 2 saturated carbocycles. The number of nitrogens with zero attached hydrogens (tertiary/aromatic N) is 2. The lowest BCUT2D eigenvalue weighted by molar-refractivity contribution is -0.148. The van der Waals surface area contributed by atoms with Crippen molar-refractivity contribution in [2.24, 2.45) is 23.7 Å². The molecule has 130 valence electrons. The molecule has 2 amide bonds. The Morgan fingerprint density at radius 2 is 1.96 bits per heavy atom. The minimum Gasteiger partial charge on any atom is -0.481 e. The van der Waals surface area contributed by atoms with Crippen LogP contribution in [0.3, 0.4) is 0 Å². The fraction of sp³-hybridized carbons (Fsp3) is 0.625. The van der Waals surface area contributed by atoms with Crippen LogP contribution >= 0.6 is 0 Å². The number of amides is 2. The Kier molecular flexibility index (Phi) is 4.29. The molecule has 0 spiro atoms. The molecule has 1 heterocycles. The Balaban J connectivity index is 1.83. The van der Waals surface area contributed by atoms with E-state index in [1.54, 1.807) is 10.9 Å². The van der Waals surface area contributed by atoms with E-state index in [0.717, 1.165) is 19.3 Å². The van der Waals surface area contributed by atoms with Crippen LogP contribution in [-0.4, -0.2) is 39.7 Å². The largest absolute Gasteiger partial charge is 0.481 e. The summed E-state index contributed by atoms with van der Waals surface area (Å²) in [6.07, 6.45) is 4.17. The van der Waals surface area contributed by atoms with Gasteiger partial charge in [-0.05, 0) is 38.0 Å². The van der Waals surface area contributed by atoms with Gasteiger partial charge < -0.3 is 15.7 Å². The Morgan fingerprint density at radius 1 is 1.29 bits per heavy atom. The maximum Gasteiger partial charge on any atom is 0.307 e. The number of nitrogens with one attached hydrogen (secondary N) is 2. The molecule has 0 aromatic carbocycles. The number of hydrogen-bond donors (Lipinski definition) is 3. The Labute approximate surface area is 139 Å². The summed E-state index contributed by atoms with van der Waals surface area (Å²) in [5.74, 6) is -2.59. The van der Waals surface area contributed by atoms with E-state index in [9.17, 15) is 19.5 Å². The SMILES string of the molecule is CCn1cc(NC(=O)[C@H]2[C@H]3CC[C@@H](C3)[C@H]2C(=O)O)c(C(=O)NC)n1. The average Bonchev–Trinajstić information content (AvgIpc) is 3.27. The predicted octanol–water partition coefficient (Wildman–Crippen LogP) is 0.948. The molecule has 0 unspecified atom stereocenters. The van der Waals surface area contributed by atoms with Crippen LogP contribution in [0.1, 0.15) is 36.7 Å². The molecule has 0 aliphatic heterocycles. The highest BCUT2D eigenvalue weighted by Gasteiger charge is 2.54. The van der Waals surface area contributed by atoms with Gasteiger partial charge in [0, 0.05) is 19.8 Å². The third-order valence-electron chi connectivity index (χ3n) is 5.29. The van der Waals surface area contributed by atoms with Crippen LogP contribution in [-0.2, 0) is 16.1 Å². The van der Waals surface area contributed by atoms with E-state index in [-0.39, 0.29) is 29.3 Å². The van der Waals surface area contributed by atoms with Crippen LogP contribution in [0.2, 0.25) is 0 Å². The van der Waals surface area contributed by atoms with Gasteiger partial charge in [-0.15, -0.1) is 0 Å². The highest BCUT2D eigenvalue weighted by Crippen LogP contribution is 2.52. The number of anilines is 1. The predicted molar refractivity (Wildman–Crippen MR) is 85.4 cm³/mol. The number of aromatic nitrogens is 2. The fourth-order valence-electron chi connectivity index (χ4n) is 4.20. The maximum absolute atomic E-state index is 12.7. The molecular formula is C16H22N4O4. The number of aryl methyl sites for hydroxylation is 1. The number of carbonyl (C=O) groups excluding carboxylic acids is 2. The monoisotopic (exact) mass is 334 g/mol. The lowest BCUT2D eigenvalue weighted by Gasteiger charge is -2.26. The standard InChI is InChI=1S/C16H22N4O4/c1-3-20-7-10(13(19-20)15(22)17-2)18-14(21)11-8-4-5-9(6-8)12(11)16(23)24/h7-9,11-12H,3-6H2,1-2H3,(H,17,22)(H,18,21)(H,23,24)/t8-,9-,11-,12+/m0/s1. The summed E-state index contributed by atoms with van der Waals surface area (Å²) in [5, 5.41) is 18.9. The topological polar surface area (TPSA) is 113 Å². The van der Waals surface area contributed by atoms with Crippen LogP contribution in [0.4, 0.5) is 5.69 Å². The molecule has 1 aromatic rings. The molecule has 3 rings (SSSR count). The first-order valence-electron chi connectivity index (χ1n) is 8.29. The van der Waals surface area contributed by atoms with Gasteiger partial charge in [0.15, 0.2) is 5.69 Å². The van der Waals surface area contributed by atoms with Gasteiger partial charge in [-0.25, -0.2) is 0 Å². The number of carboxylic acids is 1. The van der Waals surface area contributed by atoms with E-state index in [4.69, 9.17) is 0 Å². The van der Waals surface area contributed by atoms with Crippen molar-refractivity contribution in [2.45, 2.75) is 32.7 Å². The molecule has 8 nitrogen and oxygen atoms in total. The number of fused-ring (bicyclic) bond motifs is 2. The van der Waals surface area contributed by atoms with Crippen LogP contribution in [0.5, 0.6) is 0 Å². The molecule has 24 heavy (non-hydrogen) atoms. The summed E-state index contributed by atoms with van der Waals surface area (Å²) in [6.45, 7) is 2.44. The van der Waals surface area contributed by atoms with E-state index >= 15 is 0 Å². The van der Waals surface area contributed by atoms with E-state index in [1.165, 1.54) is 7.05 Å². The van der Waals surface area contributed by atoms with E-state index in [0.29, 0.717) is 12.2 Å². The summed E-state index contributed by atoms with van der Waals surface area (Å²) >= 11 is 0. The zero-order chi connectivity index (χ0) is 17.4. The van der Waals surface area contributed by atoms with Crippen LogP contribution in [0.25, 0.3) is 0 Å². The summed E-state index contributed by atoms with van der Waals surface area (Å²) in [4.78, 5) is 36.2. The second-order valence-electron chi connectivity index (χ2n) is 6.54. The highest BCUT2D eigenvalue weighted by atomic mass is 16.4. The van der Waals surface area contributed by atoms with Gasteiger partial charge in [0.2, 0.25) is 5.91 Å². The first-order chi connectivity index (χ1) is 11.5. The second-order valence-corrected chi connectivity index (χ2v) is 6.54. The summed E-state index contributed by atoms with van der Waals surface area (Å²) < 4.78 is 1.57. The summed E-state index contributed by atoms with van der Waals surface area (Å²) in [6, 6.07) is 0. The van der Waals surface area contributed by atoms with Gasteiger partial charge in [0.1, 0.15) is 0 Å². The van der Waals surface area contributed by atoms with Gasteiger partial charge >= 0.3 is 5.97 Å². The molecule has 2 bridgehead atoms. The van der Waals surface area contributed by atoms with Gasteiger partial charge in [0.05, 0.1) is 17.5 Å². The third kappa shape index (κ3) is 2.65. The molecule has 2 aliphatic rings. The molecule has 2 aliphatic carbocycles. The second kappa shape index (κ2) is 6.26. The van der Waals surface area contributed by atoms with Crippen LogP contribution in [0.15, 0.2) is 6.20 Å². The first kappa shape index (κ1) is 16.5. The van der Waals surface area contributed by atoms with Crippen molar-refractivity contribution in [3.8, 4) is 0 Å². The first-order valence-corrected chi connectivity index (χ1v) is 8.29. The minimum atomic E-state index is -0.905. The highest BCUT2D eigenvalue weighted by molar-refractivity contribution is 6.03. The fourth-order valence-corrected chi connectivity index (χ4v) is 4.20. The molecule has 2 fully saturated rings. The van der Waals surface area contributed by atoms with E-state index < -0.39 is 17.8 Å². The average molecular weight is 334 g/mol. The van der Waals surface area contributed by atoms with E-state index in [2.05, 4.69) is 15.7 Å². The Bertz CT molecular complexity index is 684. The Hall–Kier alpha value is -2.38. The van der Waals surface area contributed by atoms with Crippen molar-refractivity contribution in [2.75, 3.05) is 12.4 Å². The lowest BCUT2D eigenvalue weighted by Crippen LogP contribution is -2.38. The smallest absolute Gasteiger partial charge is 0.307 e. The molecule has 0 saturated heterocycles. The number of aliphatic carboxylic acids is 1.